The molecule has 2 aliphatic heterocycles. The molecule has 0 aromatic heterocycles. The van der Waals surface area contributed by atoms with Gasteiger partial charge in [-0.15, -0.1) is 0 Å². The van der Waals surface area contributed by atoms with Gasteiger partial charge in [-0.3, -0.25) is 0 Å². The minimum absolute atomic E-state index is 0.0299. The van der Waals surface area contributed by atoms with Crippen molar-refractivity contribution in [1.82, 2.24) is 4.90 Å². The molecular weight excluding hydrogens is 298 g/mol. The van der Waals surface area contributed by atoms with Crippen LogP contribution in [0.3, 0.4) is 0 Å². The Bertz CT molecular complexity index is 733. The summed E-state index contributed by atoms with van der Waals surface area (Å²) in [5.74, 6) is 1.50. The third kappa shape index (κ3) is 2.04. The van der Waals surface area contributed by atoms with Crippen LogP contribution >= 0.6 is 11.6 Å². The number of hydrogen-bond donors (Lipinski definition) is 1. The van der Waals surface area contributed by atoms with E-state index in [-0.39, 0.29) is 5.92 Å². The van der Waals surface area contributed by atoms with E-state index in [1.807, 2.05) is 37.4 Å². The molecule has 3 nitrogen and oxygen atoms in total. The number of nitrogens with zero attached hydrogens (tertiary/aromatic N) is 1. The zero-order valence-electron chi connectivity index (χ0n) is 12.4. The number of hydrogen-bond acceptors (Lipinski definition) is 3. The lowest BCUT2D eigenvalue weighted by Gasteiger charge is -2.43. The second-order valence-corrected chi connectivity index (χ2v) is 6.72. The molecule has 1 N–H and O–H groups in total. The zero-order chi connectivity index (χ0) is 15.3. The molecule has 114 valence electrons. The average molecular weight is 316 g/mol. The summed E-state index contributed by atoms with van der Waals surface area (Å²) in [7, 11) is 2.04. The first-order valence-electron chi connectivity index (χ1n) is 7.56. The molecule has 0 unspecified atom stereocenters. The lowest BCUT2D eigenvalue weighted by molar-refractivity contribution is -0.0470. The fourth-order valence-electron chi connectivity index (χ4n) is 3.79. The number of likely N-dealkylation sites (tertiary alicyclic amines) is 1. The molecule has 2 heterocycles. The molecule has 1 fully saturated rings. The van der Waals surface area contributed by atoms with Crippen LogP contribution < -0.4 is 4.74 Å². The van der Waals surface area contributed by atoms with Crippen LogP contribution in [0, 0.1) is 0 Å². The Balaban J connectivity index is 1.98. The molecule has 0 aliphatic carbocycles. The van der Waals surface area contributed by atoms with Gasteiger partial charge in [-0.25, -0.2) is 0 Å². The quantitative estimate of drug-likeness (QED) is 0.803. The molecule has 2 atom stereocenters. The Morgan fingerprint density at radius 1 is 1.23 bits per heavy atom. The van der Waals surface area contributed by atoms with Gasteiger partial charge in [0.15, 0.2) is 0 Å². The molecule has 0 saturated carbocycles. The predicted molar refractivity (Wildman–Crippen MR) is 86.7 cm³/mol. The molecule has 2 aromatic rings. The largest absolute Gasteiger partial charge is 0.457 e. The van der Waals surface area contributed by atoms with E-state index in [4.69, 9.17) is 16.3 Å². The van der Waals surface area contributed by atoms with Crippen LogP contribution in [0.5, 0.6) is 11.5 Å². The van der Waals surface area contributed by atoms with Crippen molar-refractivity contribution in [3.8, 4) is 11.5 Å². The number of para-hydroxylation sites is 1. The molecule has 0 spiro atoms. The van der Waals surface area contributed by atoms with Crippen molar-refractivity contribution < 1.29 is 9.84 Å². The van der Waals surface area contributed by atoms with Crippen molar-refractivity contribution in [2.24, 2.45) is 0 Å². The first kappa shape index (κ1) is 14.1. The van der Waals surface area contributed by atoms with Crippen LogP contribution in [0.4, 0.5) is 0 Å². The molecule has 2 aromatic carbocycles. The van der Waals surface area contributed by atoms with E-state index in [1.54, 1.807) is 6.07 Å². The minimum Gasteiger partial charge on any atom is -0.457 e. The Morgan fingerprint density at radius 2 is 2.05 bits per heavy atom. The van der Waals surface area contributed by atoms with Crippen molar-refractivity contribution in [1.29, 1.82) is 0 Å². The average Bonchev–Trinajstić information content (AvgIpc) is 2.58. The molecule has 0 amide bonds. The van der Waals surface area contributed by atoms with Crippen LogP contribution in [0.1, 0.15) is 23.5 Å². The van der Waals surface area contributed by atoms with E-state index in [1.165, 1.54) is 0 Å². The van der Waals surface area contributed by atoms with Crippen molar-refractivity contribution in [2.75, 3.05) is 20.1 Å². The summed E-state index contributed by atoms with van der Waals surface area (Å²) in [6, 6.07) is 13.5. The third-order valence-corrected chi connectivity index (χ3v) is 5.05. The molecule has 2 aliphatic rings. The van der Waals surface area contributed by atoms with Crippen LogP contribution in [-0.2, 0) is 5.60 Å². The van der Waals surface area contributed by atoms with Gasteiger partial charge in [0, 0.05) is 28.6 Å². The van der Waals surface area contributed by atoms with Gasteiger partial charge < -0.3 is 14.7 Å². The highest BCUT2D eigenvalue weighted by Crippen LogP contribution is 2.52. The standard InChI is InChI=1S/C18H18ClNO2/c1-20-9-8-14-13-4-2-3-5-16(13)22-17-10-12(19)6-7-15(17)18(14,21)11-20/h2-7,10,14,21H,8-9,11H2,1H3/t14-,18+/m0/s1. The molecule has 4 heteroatoms. The first-order valence-corrected chi connectivity index (χ1v) is 7.93. The highest BCUT2D eigenvalue weighted by molar-refractivity contribution is 6.30. The van der Waals surface area contributed by atoms with E-state index in [0.717, 1.165) is 29.8 Å². The minimum atomic E-state index is -0.959. The number of halogens is 1. The van der Waals surface area contributed by atoms with Gasteiger partial charge >= 0.3 is 0 Å². The SMILES string of the molecule is CN1CC[C@H]2c3ccccc3Oc3cc(Cl)ccc3[C@@]2(O)C1. The van der Waals surface area contributed by atoms with Crippen molar-refractivity contribution in [3.05, 3.63) is 58.6 Å². The normalized spacial score (nSPS) is 27.1. The summed E-state index contributed by atoms with van der Waals surface area (Å²) >= 11 is 6.13. The molecule has 0 bridgehead atoms. The van der Waals surface area contributed by atoms with Gasteiger partial charge in [0.05, 0.1) is 0 Å². The maximum Gasteiger partial charge on any atom is 0.135 e. The second-order valence-electron chi connectivity index (χ2n) is 6.28. The molecule has 4 rings (SSSR count). The topological polar surface area (TPSA) is 32.7 Å². The van der Waals surface area contributed by atoms with E-state index >= 15 is 0 Å². The van der Waals surface area contributed by atoms with Crippen molar-refractivity contribution in [3.63, 3.8) is 0 Å². The Morgan fingerprint density at radius 3 is 2.91 bits per heavy atom. The number of β-amino-alcohol motifs (C(OH)–C–C–N with tert-alkyl or cyclic N) is 1. The number of piperidine rings is 1. The van der Waals surface area contributed by atoms with Gasteiger partial charge in [0.25, 0.3) is 0 Å². The van der Waals surface area contributed by atoms with Gasteiger partial charge in [0.1, 0.15) is 17.1 Å². The number of ether oxygens (including phenoxy) is 1. The third-order valence-electron chi connectivity index (χ3n) is 4.81. The summed E-state index contributed by atoms with van der Waals surface area (Å²) in [6.07, 6.45) is 0.898. The van der Waals surface area contributed by atoms with Gasteiger partial charge in [-0.2, -0.15) is 0 Å². The molecule has 1 saturated heterocycles. The van der Waals surface area contributed by atoms with Crippen LogP contribution in [0.15, 0.2) is 42.5 Å². The number of fused-ring (bicyclic) bond motifs is 5. The summed E-state index contributed by atoms with van der Waals surface area (Å²) < 4.78 is 6.11. The maximum absolute atomic E-state index is 11.6. The maximum atomic E-state index is 11.6. The monoisotopic (exact) mass is 315 g/mol. The first-order chi connectivity index (χ1) is 10.6. The molecule has 0 radical (unpaired) electrons. The van der Waals surface area contributed by atoms with Crippen molar-refractivity contribution >= 4 is 11.6 Å². The fraction of sp³-hybridized carbons (Fsp3) is 0.333. The number of benzene rings is 2. The Kier molecular flexibility index (Phi) is 3.19. The van der Waals surface area contributed by atoms with E-state index in [0.29, 0.717) is 17.3 Å². The van der Waals surface area contributed by atoms with E-state index in [2.05, 4.69) is 11.0 Å². The summed E-state index contributed by atoms with van der Waals surface area (Å²) in [4.78, 5) is 2.17. The van der Waals surface area contributed by atoms with Crippen LogP contribution in [-0.4, -0.2) is 30.1 Å². The van der Waals surface area contributed by atoms with Gasteiger partial charge in [0.2, 0.25) is 0 Å². The summed E-state index contributed by atoms with van der Waals surface area (Å²) in [5.41, 5.74) is 0.939. The fourth-order valence-corrected chi connectivity index (χ4v) is 3.95. The highest BCUT2D eigenvalue weighted by Gasteiger charge is 2.47. The van der Waals surface area contributed by atoms with E-state index in [9.17, 15) is 5.11 Å². The van der Waals surface area contributed by atoms with Crippen LogP contribution in [0.2, 0.25) is 5.02 Å². The van der Waals surface area contributed by atoms with Gasteiger partial charge in [-0.1, -0.05) is 35.9 Å². The smallest absolute Gasteiger partial charge is 0.135 e. The molecule has 22 heavy (non-hydrogen) atoms. The lowest BCUT2D eigenvalue weighted by atomic mass is 9.73. The predicted octanol–water partition coefficient (Wildman–Crippen LogP) is 3.75. The number of rotatable bonds is 0. The summed E-state index contributed by atoms with van der Waals surface area (Å²) in [6.45, 7) is 1.55. The highest BCUT2D eigenvalue weighted by atomic mass is 35.5. The second kappa shape index (κ2) is 4.98. The summed E-state index contributed by atoms with van der Waals surface area (Å²) in [5, 5.41) is 12.2. The number of aliphatic hydroxyl groups is 1. The zero-order valence-corrected chi connectivity index (χ0v) is 13.2. The molecular formula is C18H18ClNO2. The van der Waals surface area contributed by atoms with Crippen molar-refractivity contribution in [2.45, 2.75) is 17.9 Å². The Labute approximate surface area is 135 Å². The van der Waals surface area contributed by atoms with Gasteiger partial charge in [-0.05, 0) is 38.2 Å². The Hall–Kier alpha value is -1.55. The van der Waals surface area contributed by atoms with Crippen LogP contribution in [0.25, 0.3) is 0 Å². The van der Waals surface area contributed by atoms with E-state index < -0.39 is 5.60 Å². The lowest BCUT2D eigenvalue weighted by Crippen LogP contribution is -2.49. The number of likely N-dealkylation sites (N-methyl/N-ethyl adjacent to an activating group) is 1.